The number of aryl methyl sites for hydroxylation is 2. The number of piperidine rings is 2. The summed E-state index contributed by atoms with van der Waals surface area (Å²) in [4.78, 5) is 21.3. The van der Waals surface area contributed by atoms with Crippen molar-refractivity contribution >= 4 is 60.4 Å². The number of pyridine rings is 1. The number of carbonyl (C=O) groups excluding carboxylic acids is 1. The maximum absolute atomic E-state index is 13.4. The number of halogens is 3. The molecular formula is C34H38Br2ClN3O2S. The molecule has 3 aliphatic rings. The van der Waals surface area contributed by atoms with Gasteiger partial charge in [0.15, 0.2) is 0 Å². The van der Waals surface area contributed by atoms with E-state index >= 15 is 0 Å². The molecule has 0 N–H and O–H groups in total. The summed E-state index contributed by atoms with van der Waals surface area (Å²) >= 11 is 13.9. The Balaban J connectivity index is 0.00000180. The Hall–Kier alpha value is -1.84. The molecular weight excluding hydrogens is 710 g/mol. The van der Waals surface area contributed by atoms with Crippen LogP contribution in [0.3, 0.4) is 0 Å². The lowest BCUT2D eigenvalue weighted by Gasteiger charge is -2.38. The minimum atomic E-state index is -1.13. The minimum Gasteiger partial charge on any atom is -0.343 e. The van der Waals surface area contributed by atoms with Crippen molar-refractivity contribution in [3.63, 3.8) is 0 Å². The van der Waals surface area contributed by atoms with Gasteiger partial charge in [-0.3, -0.25) is 9.78 Å². The SMILES string of the molecule is C=C.O=C(CC1CCN(S(=O)c2ccccc2)CC1)N1CCC(C2c3ncc(Br)cc3CCc3cc(Cl)cc(Br)c32)CC1. The van der Waals surface area contributed by atoms with Gasteiger partial charge in [-0.2, -0.15) is 0 Å². The van der Waals surface area contributed by atoms with Gasteiger partial charge in [-0.25, -0.2) is 8.51 Å². The largest absolute Gasteiger partial charge is 0.343 e. The van der Waals surface area contributed by atoms with Gasteiger partial charge < -0.3 is 4.90 Å². The normalized spacial score (nSPS) is 20.3. The van der Waals surface area contributed by atoms with E-state index < -0.39 is 11.0 Å². The molecule has 3 aromatic rings. The first-order valence-electron chi connectivity index (χ1n) is 15.0. The second kappa shape index (κ2) is 15.0. The van der Waals surface area contributed by atoms with Crippen LogP contribution in [0, 0.1) is 11.8 Å². The van der Waals surface area contributed by atoms with Gasteiger partial charge in [0.05, 0.1) is 10.6 Å². The Morgan fingerprint density at radius 2 is 1.63 bits per heavy atom. The van der Waals surface area contributed by atoms with Crippen LogP contribution in [0.2, 0.25) is 5.02 Å². The zero-order valence-electron chi connectivity index (χ0n) is 24.3. The molecule has 43 heavy (non-hydrogen) atoms. The first-order valence-corrected chi connectivity index (χ1v) is 18.1. The van der Waals surface area contributed by atoms with E-state index in [0.717, 1.165) is 83.6 Å². The van der Waals surface area contributed by atoms with Crippen molar-refractivity contribution in [3.05, 3.63) is 104 Å². The van der Waals surface area contributed by atoms with Crippen LogP contribution in [0.5, 0.6) is 0 Å². The van der Waals surface area contributed by atoms with Crippen LogP contribution in [0.25, 0.3) is 0 Å². The lowest BCUT2D eigenvalue weighted by Crippen LogP contribution is -2.42. The fourth-order valence-corrected chi connectivity index (χ4v) is 9.58. The molecule has 0 radical (unpaired) electrons. The fraction of sp³-hybridized carbons (Fsp3) is 0.412. The average molecular weight is 748 g/mol. The summed E-state index contributed by atoms with van der Waals surface area (Å²) < 4.78 is 17.0. The van der Waals surface area contributed by atoms with Crippen LogP contribution in [0.1, 0.15) is 60.4 Å². The van der Waals surface area contributed by atoms with Gasteiger partial charge in [-0.1, -0.05) is 45.7 Å². The standard InChI is InChI=1S/C32H34Br2ClN3O2S.C2H4/c33-25-17-24-7-6-23-18-26(35)19-28(34)30(23)31(32(24)36-20-25)22-10-12-37(13-11-22)29(39)16-21-8-14-38(15-9-21)41(40)27-4-2-1-3-5-27;1-2/h1-5,17-22,31H,6-16H2;1-2H2. The van der Waals surface area contributed by atoms with Crippen molar-refractivity contribution in [2.75, 3.05) is 26.2 Å². The number of carbonyl (C=O) groups is 1. The molecule has 6 rings (SSSR count). The summed E-state index contributed by atoms with van der Waals surface area (Å²) in [6.07, 6.45) is 8.11. The molecule has 228 valence electrons. The highest BCUT2D eigenvalue weighted by atomic mass is 79.9. The summed E-state index contributed by atoms with van der Waals surface area (Å²) in [6, 6.07) is 16.0. The quantitative estimate of drug-likeness (QED) is 0.247. The van der Waals surface area contributed by atoms with Gasteiger partial charge in [-0.05, 0) is 113 Å². The number of likely N-dealkylation sites (tertiary alicyclic amines) is 1. The second-order valence-corrected chi connectivity index (χ2v) is 15.2. The first-order chi connectivity index (χ1) is 20.9. The molecule has 1 amide bonds. The molecule has 1 aliphatic carbocycles. The maximum atomic E-state index is 13.4. The molecule has 2 unspecified atom stereocenters. The number of hydrogen-bond donors (Lipinski definition) is 0. The van der Waals surface area contributed by atoms with Gasteiger partial charge in [0.1, 0.15) is 11.0 Å². The number of rotatable bonds is 5. The van der Waals surface area contributed by atoms with Gasteiger partial charge in [0, 0.05) is 58.7 Å². The molecule has 1 aromatic heterocycles. The van der Waals surface area contributed by atoms with Crippen LogP contribution in [0.4, 0.5) is 0 Å². The Morgan fingerprint density at radius 3 is 2.33 bits per heavy atom. The third kappa shape index (κ3) is 7.52. The number of nitrogens with zero attached hydrogens (tertiary/aromatic N) is 3. The Kier molecular flexibility index (Phi) is 11.3. The lowest BCUT2D eigenvalue weighted by atomic mass is 9.76. The zero-order valence-corrected chi connectivity index (χ0v) is 29.1. The lowest BCUT2D eigenvalue weighted by molar-refractivity contribution is -0.133. The molecule has 0 spiro atoms. The summed E-state index contributed by atoms with van der Waals surface area (Å²) in [6.45, 7) is 9.10. The van der Waals surface area contributed by atoms with Gasteiger partial charge in [-0.15, -0.1) is 13.2 Å². The predicted molar refractivity (Wildman–Crippen MR) is 183 cm³/mol. The highest BCUT2D eigenvalue weighted by Crippen LogP contribution is 2.46. The van der Waals surface area contributed by atoms with Crippen LogP contribution >= 0.6 is 43.5 Å². The van der Waals surface area contributed by atoms with E-state index in [0.29, 0.717) is 18.3 Å². The van der Waals surface area contributed by atoms with E-state index in [4.69, 9.17) is 16.6 Å². The third-order valence-corrected chi connectivity index (χ3v) is 11.8. The molecule has 2 aromatic carbocycles. The molecule has 2 saturated heterocycles. The molecule has 5 nitrogen and oxygen atoms in total. The molecule has 9 heteroatoms. The van der Waals surface area contributed by atoms with Gasteiger partial charge in [0.2, 0.25) is 5.91 Å². The topological polar surface area (TPSA) is 53.5 Å². The predicted octanol–water partition coefficient (Wildman–Crippen LogP) is 8.36. The number of amides is 1. The minimum absolute atomic E-state index is 0.175. The zero-order chi connectivity index (χ0) is 30.5. The molecule has 3 heterocycles. The molecule has 2 fully saturated rings. The van der Waals surface area contributed by atoms with Gasteiger partial charge >= 0.3 is 0 Å². The highest BCUT2D eigenvalue weighted by molar-refractivity contribution is 9.10. The van der Waals surface area contributed by atoms with Crippen LogP contribution in [-0.2, 0) is 28.6 Å². The Bertz CT molecular complexity index is 1460. The average Bonchev–Trinajstić information content (AvgIpc) is 3.19. The van der Waals surface area contributed by atoms with E-state index in [1.165, 1.54) is 22.4 Å². The van der Waals surface area contributed by atoms with Crippen molar-refractivity contribution in [1.29, 1.82) is 0 Å². The summed E-state index contributed by atoms with van der Waals surface area (Å²) in [7, 11) is -1.13. The Morgan fingerprint density at radius 1 is 0.953 bits per heavy atom. The fourth-order valence-electron chi connectivity index (χ4n) is 6.85. The van der Waals surface area contributed by atoms with Crippen molar-refractivity contribution in [2.45, 2.75) is 55.8 Å². The van der Waals surface area contributed by atoms with Crippen LogP contribution < -0.4 is 0 Å². The van der Waals surface area contributed by atoms with Gasteiger partial charge in [0.25, 0.3) is 0 Å². The van der Waals surface area contributed by atoms with Crippen molar-refractivity contribution in [2.24, 2.45) is 11.8 Å². The van der Waals surface area contributed by atoms with Crippen molar-refractivity contribution in [3.8, 4) is 0 Å². The Labute approximate surface area is 279 Å². The smallest absolute Gasteiger partial charge is 0.222 e. The van der Waals surface area contributed by atoms with Crippen LogP contribution in [0.15, 0.2) is 81.7 Å². The number of hydrogen-bond acceptors (Lipinski definition) is 3. The third-order valence-electron chi connectivity index (χ3n) is 9.00. The molecule has 2 atom stereocenters. The van der Waals surface area contributed by atoms with E-state index in [1.54, 1.807) is 0 Å². The van der Waals surface area contributed by atoms with E-state index in [-0.39, 0.29) is 11.8 Å². The van der Waals surface area contributed by atoms with Crippen LogP contribution in [-0.4, -0.2) is 50.5 Å². The highest BCUT2D eigenvalue weighted by Gasteiger charge is 2.37. The van der Waals surface area contributed by atoms with E-state index in [1.807, 2.05) is 46.9 Å². The van der Waals surface area contributed by atoms with E-state index in [2.05, 4.69) is 62.1 Å². The second-order valence-electron chi connectivity index (χ2n) is 11.5. The summed E-state index contributed by atoms with van der Waals surface area (Å²) in [5, 5.41) is 0.757. The monoisotopic (exact) mass is 745 g/mol. The summed E-state index contributed by atoms with van der Waals surface area (Å²) in [5.74, 6) is 1.20. The summed E-state index contributed by atoms with van der Waals surface area (Å²) in [5.41, 5.74) is 5.06. The first kappa shape index (κ1) is 32.6. The molecule has 0 saturated carbocycles. The number of aromatic nitrogens is 1. The number of fused-ring (bicyclic) bond motifs is 2. The molecule has 2 aliphatic heterocycles. The number of benzene rings is 2. The molecule has 0 bridgehead atoms. The van der Waals surface area contributed by atoms with Crippen molar-refractivity contribution < 1.29 is 9.00 Å². The van der Waals surface area contributed by atoms with E-state index in [9.17, 15) is 9.00 Å². The van der Waals surface area contributed by atoms with Crippen molar-refractivity contribution in [1.82, 2.24) is 14.2 Å². The maximum Gasteiger partial charge on any atom is 0.222 e.